The largest absolute Gasteiger partial charge is 0.309 e. The first-order valence-electron chi connectivity index (χ1n) is 22.5. The molecule has 0 amide bonds. The van der Waals surface area contributed by atoms with E-state index in [-0.39, 0.29) is 55.3 Å². The molecule has 3 aromatic heterocycles. The fourth-order valence-corrected chi connectivity index (χ4v) is 7.13. The van der Waals surface area contributed by atoms with Crippen LogP contribution in [0.2, 0.25) is 0 Å². The van der Waals surface area contributed by atoms with Crippen molar-refractivity contribution in [3.63, 3.8) is 0 Å². The molecule has 7 aromatic carbocycles. The molecule has 0 aliphatic carbocycles. The second-order valence-electron chi connectivity index (χ2n) is 10.4. The van der Waals surface area contributed by atoms with Crippen molar-refractivity contribution >= 4 is 75.1 Å². The topological polar surface area (TPSA) is 9.86 Å². The Morgan fingerprint density at radius 3 is 1.69 bits per heavy atom. The van der Waals surface area contributed by atoms with Gasteiger partial charge in [0.05, 0.1) is 45.4 Å². The van der Waals surface area contributed by atoms with E-state index in [1.54, 1.807) is 17.4 Å². The van der Waals surface area contributed by atoms with Gasteiger partial charge in [-0.2, -0.15) is 0 Å². The second kappa shape index (κ2) is 9.43. The van der Waals surface area contributed by atoms with Gasteiger partial charge in [-0.15, -0.1) is 11.3 Å². The monoisotopic (exact) mass is 607 g/mol. The van der Waals surface area contributed by atoms with Gasteiger partial charge in [0.15, 0.2) is 0 Å². The quantitative estimate of drug-likeness (QED) is 0.189. The van der Waals surface area contributed by atoms with E-state index in [9.17, 15) is 8.22 Å². The summed E-state index contributed by atoms with van der Waals surface area (Å²) >= 11 is 1.55. The van der Waals surface area contributed by atoms with Crippen molar-refractivity contribution in [2.75, 3.05) is 0 Å². The molecule has 2 nitrogen and oxygen atoms in total. The van der Waals surface area contributed by atoms with Crippen molar-refractivity contribution < 1.29 is 23.3 Å². The van der Waals surface area contributed by atoms with Gasteiger partial charge in [-0.05, 0) is 83.7 Å². The van der Waals surface area contributed by atoms with Crippen LogP contribution >= 0.6 is 11.3 Å². The summed E-state index contributed by atoms with van der Waals surface area (Å²) in [7, 11) is 0. The van der Waals surface area contributed by atoms with Crippen LogP contribution in [0.5, 0.6) is 0 Å². The van der Waals surface area contributed by atoms with Crippen LogP contribution in [0.3, 0.4) is 0 Å². The molecule has 0 unspecified atom stereocenters. The van der Waals surface area contributed by atoms with Gasteiger partial charge in [0.2, 0.25) is 0 Å². The average molecular weight is 608 g/mol. The lowest BCUT2D eigenvalue weighted by Gasteiger charge is -2.10. The van der Waals surface area contributed by atoms with E-state index in [1.807, 2.05) is 36.4 Å². The van der Waals surface area contributed by atoms with Gasteiger partial charge < -0.3 is 9.13 Å². The summed E-state index contributed by atoms with van der Waals surface area (Å²) in [5.41, 5.74) is -1.75. The Balaban J connectivity index is 1.39. The molecule has 0 aliphatic heterocycles. The minimum atomic E-state index is -0.752. The fourth-order valence-electron chi connectivity index (χ4n) is 6.05. The molecule has 0 spiro atoms. The second-order valence-corrected chi connectivity index (χ2v) is 11.5. The average Bonchev–Trinajstić information content (AvgIpc) is 3.91. The van der Waals surface area contributed by atoms with Crippen LogP contribution in [0.15, 0.2) is 157 Å². The molecule has 0 N–H and O–H groups in total. The van der Waals surface area contributed by atoms with Crippen LogP contribution in [-0.2, 0) is 0 Å². The first-order valence-corrected chi connectivity index (χ1v) is 14.8. The molecular formula is C42H26N2S. The minimum absolute atomic E-state index is 0.0765. The Labute approximate surface area is 287 Å². The van der Waals surface area contributed by atoms with Crippen molar-refractivity contribution in [3.05, 3.63) is 157 Å². The number of thiophene rings is 1. The van der Waals surface area contributed by atoms with Crippen LogP contribution in [-0.4, -0.2) is 9.13 Å². The SMILES string of the molecule is [2H]c1cc([2H])c(-n2c3c([2H])c([2H])c([2H])c([2H])c3c3c([2H])c(-c4c([2H])c([2H])c5c(c4[2H])c4c([2H])c([2H])c([2H])c([2H])c4n5-c4ccc5sc6ccccc6c5c4)c([2H])c([2H])c32)c([2H])c1. The standard InChI is InChI=1S/C42H26N2S/c1-2-10-29(11-3-1)43-37-15-7-4-12-31(37)34-24-27(18-21-39(34)43)28-19-22-40-35(25-28)32-13-5-8-16-38(32)44(40)30-20-23-42-36(26-30)33-14-6-9-17-41(33)45-42/h1-26H/i1D,4D,5D,7D,8D,10D,11D,12D,13D,15D,16D,18D,19D,21D,22D,24D,25D. The maximum atomic E-state index is 9.78. The third-order valence-corrected chi connectivity index (χ3v) is 9.14. The van der Waals surface area contributed by atoms with E-state index in [0.717, 1.165) is 36.9 Å². The lowest BCUT2D eigenvalue weighted by atomic mass is 10.0. The molecule has 0 bridgehead atoms. The van der Waals surface area contributed by atoms with Crippen molar-refractivity contribution in [1.82, 2.24) is 9.13 Å². The molecule has 3 heterocycles. The molecule has 3 heteroatoms. The Hall–Kier alpha value is -5.64. The third-order valence-electron chi connectivity index (χ3n) is 7.99. The van der Waals surface area contributed by atoms with Gasteiger partial charge in [0.25, 0.3) is 0 Å². The zero-order valence-corrected chi connectivity index (χ0v) is 23.8. The molecule has 10 rings (SSSR count). The number of aromatic nitrogens is 2. The van der Waals surface area contributed by atoms with E-state index in [0.29, 0.717) is 5.69 Å². The zero-order chi connectivity index (χ0) is 44.3. The summed E-state index contributed by atoms with van der Waals surface area (Å²) in [5.74, 6) is 0. The van der Waals surface area contributed by atoms with E-state index < -0.39 is 108 Å². The first kappa shape index (κ1) is 13.6. The summed E-state index contributed by atoms with van der Waals surface area (Å²) in [6.45, 7) is 0. The maximum Gasteiger partial charge on any atom is 0.0645 e. The summed E-state index contributed by atoms with van der Waals surface area (Å²) < 4.78 is 158. The summed E-state index contributed by atoms with van der Waals surface area (Å²) in [6.07, 6.45) is 0. The summed E-state index contributed by atoms with van der Waals surface area (Å²) in [5, 5.41) is 0.811. The summed E-state index contributed by atoms with van der Waals surface area (Å²) in [6, 6.07) is 5.52. The highest BCUT2D eigenvalue weighted by molar-refractivity contribution is 7.25. The molecule has 0 saturated carbocycles. The summed E-state index contributed by atoms with van der Waals surface area (Å²) in [4.78, 5) is 0. The van der Waals surface area contributed by atoms with Crippen LogP contribution in [0, 0.1) is 0 Å². The van der Waals surface area contributed by atoms with Gasteiger partial charge in [-0.3, -0.25) is 0 Å². The number of rotatable bonds is 3. The molecule has 0 atom stereocenters. The smallest absolute Gasteiger partial charge is 0.0645 e. The van der Waals surface area contributed by atoms with Gasteiger partial charge in [0, 0.05) is 53.1 Å². The Bertz CT molecular complexity index is 3710. The number of para-hydroxylation sites is 3. The van der Waals surface area contributed by atoms with Crippen LogP contribution in [0.1, 0.15) is 23.3 Å². The molecule has 0 radical (unpaired) electrons. The molecular weight excluding hydrogens is 565 g/mol. The van der Waals surface area contributed by atoms with Crippen LogP contribution in [0.25, 0.3) is 86.3 Å². The van der Waals surface area contributed by atoms with Crippen molar-refractivity contribution in [3.8, 4) is 22.5 Å². The lowest BCUT2D eigenvalue weighted by Crippen LogP contribution is -1.93. The molecule has 10 aromatic rings. The molecule has 0 saturated heterocycles. The Morgan fingerprint density at radius 2 is 1.00 bits per heavy atom. The number of nitrogens with zero attached hydrogens (tertiary/aromatic N) is 2. The van der Waals surface area contributed by atoms with Crippen molar-refractivity contribution in [2.24, 2.45) is 0 Å². The van der Waals surface area contributed by atoms with E-state index in [2.05, 4.69) is 0 Å². The van der Waals surface area contributed by atoms with Crippen LogP contribution < -0.4 is 0 Å². The number of benzene rings is 7. The van der Waals surface area contributed by atoms with Gasteiger partial charge in [-0.1, -0.05) is 84.7 Å². The van der Waals surface area contributed by atoms with E-state index in [4.69, 9.17) is 15.1 Å². The molecule has 0 fully saturated rings. The predicted molar refractivity (Wildman–Crippen MR) is 193 cm³/mol. The van der Waals surface area contributed by atoms with Crippen LogP contribution in [0.4, 0.5) is 0 Å². The van der Waals surface area contributed by atoms with Gasteiger partial charge >= 0.3 is 0 Å². The Kier molecular flexibility index (Phi) is 2.84. The zero-order valence-electron chi connectivity index (χ0n) is 40.0. The normalized spacial score (nSPS) is 17.3. The fraction of sp³-hybridized carbons (Fsp3) is 0. The van der Waals surface area contributed by atoms with Crippen molar-refractivity contribution in [1.29, 1.82) is 0 Å². The maximum absolute atomic E-state index is 9.78. The molecule has 0 aliphatic rings. The Morgan fingerprint density at radius 1 is 0.422 bits per heavy atom. The minimum Gasteiger partial charge on any atom is -0.309 e. The number of fused-ring (bicyclic) bond motifs is 9. The third kappa shape index (κ3) is 3.62. The first-order chi connectivity index (χ1) is 29.4. The van der Waals surface area contributed by atoms with Crippen molar-refractivity contribution in [2.45, 2.75) is 0 Å². The molecule has 45 heavy (non-hydrogen) atoms. The van der Waals surface area contributed by atoms with E-state index in [1.165, 1.54) is 4.57 Å². The van der Waals surface area contributed by atoms with Gasteiger partial charge in [0.1, 0.15) is 0 Å². The van der Waals surface area contributed by atoms with Gasteiger partial charge in [-0.25, -0.2) is 0 Å². The predicted octanol–water partition coefficient (Wildman–Crippen LogP) is 11.9. The molecule has 210 valence electrons. The van der Waals surface area contributed by atoms with E-state index >= 15 is 0 Å². The number of hydrogen-bond donors (Lipinski definition) is 0. The highest BCUT2D eigenvalue weighted by atomic mass is 32.1. The highest BCUT2D eigenvalue weighted by Gasteiger charge is 2.16. The lowest BCUT2D eigenvalue weighted by molar-refractivity contribution is 1.18. The number of hydrogen-bond acceptors (Lipinski definition) is 1. The highest BCUT2D eigenvalue weighted by Crippen LogP contribution is 2.40.